The van der Waals surface area contributed by atoms with Gasteiger partial charge in [0.25, 0.3) is 5.56 Å². The van der Waals surface area contributed by atoms with Crippen LogP contribution in [-0.2, 0) is 6.54 Å². The number of hydrogen-bond acceptors (Lipinski definition) is 4. The molecule has 7 heteroatoms. The topological polar surface area (TPSA) is 44.1 Å². The van der Waals surface area contributed by atoms with Crippen LogP contribution in [0.15, 0.2) is 58.5 Å². The number of hydrogen-bond donors (Lipinski definition) is 0. The van der Waals surface area contributed by atoms with E-state index in [2.05, 4.69) is 4.98 Å². The molecule has 0 aliphatic rings. The molecule has 2 aromatic carbocycles. The predicted octanol–water partition coefficient (Wildman–Crippen LogP) is 3.81. The molecule has 0 atom stereocenters. The minimum Gasteiger partial charge on any atom is -0.497 e. The molecular weight excluding hydrogens is 346 g/mol. The first-order valence-electron chi connectivity index (χ1n) is 7.62. The molecule has 0 unspecified atom stereocenters. The van der Waals surface area contributed by atoms with Gasteiger partial charge in [-0.05, 0) is 29.8 Å². The lowest BCUT2D eigenvalue weighted by Gasteiger charge is -2.13. The molecule has 0 radical (unpaired) electrons. The van der Waals surface area contributed by atoms with Crippen LogP contribution in [0.25, 0.3) is 10.9 Å². The van der Waals surface area contributed by atoms with Gasteiger partial charge in [-0.3, -0.25) is 9.36 Å². The molecule has 3 rings (SSSR count). The van der Waals surface area contributed by atoms with E-state index >= 15 is 0 Å². The Kier molecular flexibility index (Phi) is 5.33. The van der Waals surface area contributed by atoms with Crippen molar-refractivity contribution in [1.29, 1.82) is 0 Å². The number of fused-ring (bicyclic) bond motifs is 1. The molecule has 0 spiro atoms. The summed E-state index contributed by atoms with van der Waals surface area (Å²) < 4.78 is 31.8. The molecule has 0 saturated carbocycles. The highest BCUT2D eigenvalue weighted by Gasteiger charge is 2.14. The second-order valence-electron chi connectivity index (χ2n) is 5.35. The maximum Gasteiger partial charge on any atom is 0.262 e. The number of methoxy groups -OCH3 is 1. The van der Waals surface area contributed by atoms with E-state index in [0.717, 1.165) is 17.3 Å². The van der Waals surface area contributed by atoms with Crippen LogP contribution in [0.5, 0.6) is 5.75 Å². The normalized spacial score (nSPS) is 11.2. The summed E-state index contributed by atoms with van der Waals surface area (Å²) in [4.78, 5) is 17.2. The van der Waals surface area contributed by atoms with Gasteiger partial charge < -0.3 is 4.74 Å². The second-order valence-corrected chi connectivity index (χ2v) is 6.34. The van der Waals surface area contributed by atoms with Gasteiger partial charge in [0.05, 0.1) is 30.3 Å². The summed E-state index contributed by atoms with van der Waals surface area (Å²) >= 11 is 0.888. The van der Waals surface area contributed by atoms with E-state index in [1.807, 2.05) is 12.1 Å². The first-order chi connectivity index (χ1) is 12.1. The standard InChI is InChI=1S/C18H16F2N2O2S/c1-24-13-8-6-12(7-9-13)10-22-17(23)14-4-2-3-5-15(14)21-18(22)25-11-16(19)20/h2-9,16H,10-11H2,1H3. The van der Waals surface area contributed by atoms with Crippen molar-refractivity contribution in [3.8, 4) is 5.75 Å². The third-order valence-electron chi connectivity index (χ3n) is 3.66. The van der Waals surface area contributed by atoms with Gasteiger partial charge in [-0.1, -0.05) is 36.0 Å². The fourth-order valence-corrected chi connectivity index (χ4v) is 3.19. The van der Waals surface area contributed by atoms with Gasteiger partial charge in [-0.15, -0.1) is 0 Å². The first-order valence-corrected chi connectivity index (χ1v) is 8.60. The highest BCUT2D eigenvalue weighted by molar-refractivity contribution is 7.99. The molecule has 0 amide bonds. The Morgan fingerprint density at radius 1 is 1.16 bits per heavy atom. The van der Waals surface area contributed by atoms with Crippen molar-refractivity contribution in [2.24, 2.45) is 0 Å². The van der Waals surface area contributed by atoms with Crippen LogP contribution in [0.1, 0.15) is 5.56 Å². The van der Waals surface area contributed by atoms with Gasteiger partial charge in [0, 0.05) is 0 Å². The van der Waals surface area contributed by atoms with Gasteiger partial charge in [-0.25, -0.2) is 13.8 Å². The molecule has 0 saturated heterocycles. The van der Waals surface area contributed by atoms with Gasteiger partial charge in [0.1, 0.15) is 5.75 Å². The van der Waals surface area contributed by atoms with Crippen LogP contribution in [-0.4, -0.2) is 28.8 Å². The fraction of sp³-hybridized carbons (Fsp3) is 0.222. The first kappa shape index (κ1) is 17.4. The lowest BCUT2D eigenvalue weighted by molar-refractivity contribution is 0.176. The van der Waals surface area contributed by atoms with Crippen molar-refractivity contribution in [1.82, 2.24) is 9.55 Å². The molecule has 0 N–H and O–H groups in total. The summed E-state index contributed by atoms with van der Waals surface area (Å²) in [7, 11) is 1.58. The zero-order chi connectivity index (χ0) is 17.8. The number of ether oxygens (including phenoxy) is 1. The Hall–Kier alpha value is -2.41. The molecule has 130 valence electrons. The average Bonchev–Trinajstić information content (AvgIpc) is 2.63. The van der Waals surface area contributed by atoms with Gasteiger partial charge >= 0.3 is 0 Å². The summed E-state index contributed by atoms with van der Waals surface area (Å²) in [6, 6.07) is 14.2. The summed E-state index contributed by atoms with van der Waals surface area (Å²) in [5, 5.41) is 0.761. The zero-order valence-corrected chi connectivity index (χ0v) is 14.3. The number of nitrogens with zero attached hydrogens (tertiary/aromatic N) is 2. The van der Waals surface area contributed by atoms with Crippen molar-refractivity contribution in [3.05, 3.63) is 64.4 Å². The Morgan fingerprint density at radius 3 is 2.56 bits per heavy atom. The molecule has 0 fully saturated rings. The molecule has 4 nitrogen and oxygen atoms in total. The van der Waals surface area contributed by atoms with Crippen LogP contribution in [0.3, 0.4) is 0 Å². The van der Waals surface area contributed by atoms with E-state index in [1.165, 1.54) is 4.57 Å². The van der Waals surface area contributed by atoms with Gasteiger partial charge in [0.2, 0.25) is 6.43 Å². The van der Waals surface area contributed by atoms with Crippen LogP contribution in [0.4, 0.5) is 8.78 Å². The summed E-state index contributed by atoms with van der Waals surface area (Å²) in [6.45, 7) is 0.256. The Morgan fingerprint density at radius 2 is 1.88 bits per heavy atom. The third kappa shape index (κ3) is 3.99. The average molecular weight is 362 g/mol. The Labute approximate surface area is 147 Å². The second kappa shape index (κ2) is 7.65. The van der Waals surface area contributed by atoms with Gasteiger partial charge in [0.15, 0.2) is 5.16 Å². The number of para-hydroxylation sites is 1. The van der Waals surface area contributed by atoms with Crippen molar-refractivity contribution >= 4 is 22.7 Å². The van der Waals surface area contributed by atoms with Gasteiger partial charge in [-0.2, -0.15) is 0 Å². The van der Waals surface area contributed by atoms with Crippen molar-refractivity contribution in [2.45, 2.75) is 18.1 Å². The number of aromatic nitrogens is 2. The molecule has 25 heavy (non-hydrogen) atoms. The van der Waals surface area contributed by atoms with E-state index in [1.54, 1.807) is 43.5 Å². The van der Waals surface area contributed by atoms with E-state index in [4.69, 9.17) is 4.74 Å². The van der Waals surface area contributed by atoms with Crippen molar-refractivity contribution in [2.75, 3.05) is 12.9 Å². The number of benzene rings is 2. The predicted molar refractivity (Wildman–Crippen MR) is 94.8 cm³/mol. The van der Waals surface area contributed by atoms with Crippen LogP contribution < -0.4 is 10.3 Å². The highest BCUT2D eigenvalue weighted by atomic mass is 32.2. The summed E-state index contributed by atoms with van der Waals surface area (Å²) in [5.41, 5.74) is 1.13. The smallest absolute Gasteiger partial charge is 0.262 e. The fourth-order valence-electron chi connectivity index (χ4n) is 2.45. The van der Waals surface area contributed by atoms with E-state index < -0.39 is 12.2 Å². The van der Waals surface area contributed by atoms with Crippen molar-refractivity contribution < 1.29 is 13.5 Å². The summed E-state index contributed by atoms with van der Waals surface area (Å²) in [6.07, 6.45) is -2.47. The van der Waals surface area contributed by atoms with E-state index in [9.17, 15) is 13.6 Å². The minimum atomic E-state index is -2.47. The third-order valence-corrected chi connectivity index (χ3v) is 4.65. The molecule has 0 bridgehead atoms. The summed E-state index contributed by atoms with van der Waals surface area (Å²) in [5.74, 6) is 0.299. The maximum absolute atomic E-state index is 12.8. The number of thioether (sulfide) groups is 1. The largest absolute Gasteiger partial charge is 0.497 e. The molecule has 3 aromatic rings. The molecule has 0 aliphatic heterocycles. The Balaban J connectivity index is 2.04. The maximum atomic E-state index is 12.8. The van der Waals surface area contributed by atoms with Crippen molar-refractivity contribution in [3.63, 3.8) is 0 Å². The zero-order valence-electron chi connectivity index (χ0n) is 13.5. The molecule has 0 aliphatic carbocycles. The molecule has 1 aromatic heterocycles. The van der Waals surface area contributed by atoms with E-state index in [0.29, 0.717) is 21.8 Å². The SMILES string of the molecule is COc1ccc(Cn2c(SCC(F)F)nc3ccccc3c2=O)cc1. The number of alkyl halides is 2. The lowest BCUT2D eigenvalue weighted by Crippen LogP contribution is -2.24. The van der Waals surface area contributed by atoms with Crippen LogP contribution >= 0.6 is 11.8 Å². The molecular formula is C18H16F2N2O2S. The minimum absolute atomic E-state index is 0.238. The van der Waals surface area contributed by atoms with Crippen LogP contribution in [0.2, 0.25) is 0 Å². The highest BCUT2D eigenvalue weighted by Crippen LogP contribution is 2.21. The Bertz CT molecular complexity index is 927. The molecule has 1 heterocycles. The quantitative estimate of drug-likeness (QED) is 0.494. The number of rotatable bonds is 6. The lowest BCUT2D eigenvalue weighted by atomic mass is 10.2. The van der Waals surface area contributed by atoms with Crippen LogP contribution in [0, 0.1) is 0 Å². The monoisotopic (exact) mass is 362 g/mol. The van der Waals surface area contributed by atoms with E-state index in [-0.39, 0.29) is 12.1 Å². The number of halogens is 2.